The van der Waals surface area contributed by atoms with Gasteiger partial charge in [-0.3, -0.25) is 9.59 Å². The zero-order valence-corrected chi connectivity index (χ0v) is 19.4. The molecule has 0 unspecified atom stereocenters. The van der Waals surface area contributed by atoms with E-state index in [1.54, 1.807) is 25.5 Å². The van der Waals surface area contributed by atoms with Crippen molar-refractivity contribution in [2.24, 2.45) is 0 Å². The van der Waals surface area contributed by atoms with Crippen LogP contribution in [0.1, 0.15) is 25.2 Å². The van der Waals surface area contributed by atoms with E-state index in [9.17, 15) is 18.0 Å². The number of benzene rings is 1. The molecule has 0 aliphatic heterocycles. The quantitative estimate of drug-likeness (QED) is 0.559. The number of aromatic nitrogens is 3. The number of anilines is 1. The topological polar surface area (TPSA) is 106 Å². The SMILES string of the molecule is CCN(CC)S(=O)(=O)c1ccc(=O)n(CC(=O)Nc2c(C)nn(-c3ccccc3)c2C)c1. The van der Waals surface area contributed by atoms with Crippen molar-refractivity contribution in [1.82, 2.24) is 18.7 Å². The Labute approximate surface area is 187 Å². The second-order valence-electron chi connectivity index (χ2n) is 7.26. The molecule has 3 aromatic rings. The number of hydrogen-bond donors (Lipinski definition) is 1. The van der Waals surface area contributed by atoms with Crippen molar-refractivity contribution >= 4 is 21.6 Å². The van der Waals surface area contributed by atoms with Crippen molar-refractivity contribution < 1.29 is 13.2 Å². The minimum atomic E-state index is -3.75. The van der Waals surface area contributed by atoms with E-state index >= 15 is 0 Å². The predicted octanol–water partition coefficient (Wildman–Crippen LogP) is 2.32. The van der Waals surface area contributed by atoms with Gasteiger partial charge in [-0.2, -0.15) is 9.40 Å². The van der Waals surface area contributed by atoms with E-state index in [2.05, 4.69) is 10.4 Å². The van der Waals surface area contributed by atoms with Gasteiger partial charge < -0.3 is 9.88 Å². The van der Waals surface area contributed by atoms with E-state index < -0.39 is 21.5 Å². The van der Waals surface area contributed by atoms with Crippen LogP contribution in [0, 0.1) is 13.8 Å². The molecule has 0 bridgehead atoms. The van der Waals surface area contributed by atoms with Crippen LogP contribution in [-0.4, -0.2) is 46.1 Å². The number of hydrogen-bond acceptors (Lipinski definition) is 5. The summed E-state index contributed by atoms with van der Waals surface area (Å²) in [6, 6.07) is 11.9. The van der Waals surface area contributed by atoms with E-state index in [0.29, 0.717) is 24.5 Å². The molecule has 0 fully saturated rings. The van der Waals surface area contributed by atoms with Crippen LogP contribution in [0.4, 0.5) is 5.69 Å². The first kappa shape index (κ1) is 23.4. The summed E-state index contributed by atoms with van der Waals surface area (Å²) in [5.74, 6) is -0.455. The van der Waals surface area contributed by atoms with Crippen LogP contribution in [0.2, 0.25) is 0 Å². The molecular formula is C22H27N5O4S. The first-order valence-corrected chi connectivity index (χ1v) is 11.7. The molecule has 3 rings (SSSR count). The smallest absolute Gasteiger partial charge is 0.251 e. The zero-order valence-electron chi connectivity index (χ0n) is 18.6. The van der Waals surface area contributed by atoms with Gasteiger partial charge in [-0.1, -0.05) is 32.0 Å². The fourth-order valence-corrected chi connectivity index (χ4v) is 4.95. The van der Waals surface area contributed by atoms with Gasteiger partial charge in [-0.15, -0.1) is 0 Å². The highest BCUT2D eigenvalue weighted by atomic mass is 32.2. The molecule has 0 aliphatic rings. The Morgan fingerprint density at radius 2 is 1.72 bits per heavy atom. The summed E-state index contributed by atoms with van der Waals surface area (Å²) in [6.45, 7) is 7.40. The maximum atomic E-state index is 12.8. The Hall–Kier alpha value is -3.24. The van der Waals surface area contributed by atoms with Crippen molar-refractivity contribution in [1.29, 1.82) is 0 Å². The summed E-state index contributed by atoms with van der Waals surface area (Å²) in [4.78, 5) is 25.0. The van der Waals surface area contributed by atoms with Gasteiger partial charge in [0.05, 0.1) is 27.7 Å². The monoisotopic (exact) mass is 457 g/mol. The molecule has 1 aromatic carbocycles. The van der Waals surface area contributed by atoms with Crippen LogP contribution < -0.4 is 10.9 Å². The lowest BCUT2D eigenvalue weighted by Gasteiger charge is -2.19. The Bertz CT molecular complexity index is 1280. The molecule has 170 valence electrons. The molecular weight excluding hydrogens is 430 g/mol. The third kappa shape index (κ3) is 4.66. The number of rotatable bonds is 8. The van der Waals surface area contributed by atoms with Gasteiger partial charge in [0.25, 0.3) is 5.56 Å². The highest BCUT2D eigenvalue weighted by molar-refractivity contribution is 7.89. The second kappa shape index (κ2) is 9.49. The van der Waals surface area contributed by atoms with Crippen molar-refractivity contribution in [2.45, 2.75) is 39.1 Å². The third-order valence-corrected chi connectivity index (χ3v) is 7.20. The average molecular weight is 458 g/mol. The Morgan fingerprint density at radius 1 is 1.06 bits per heavy atom. The third-order valence-electron chi connectivity index (χ3n) is 5.17. The lowest BCUT2D eigenvalue weighted by Crippen LogP contribution is -2.33. The van der Waals surface area contributed by atoms with Crippen molar-refractivity contribution in [3.8, 4) is 5.69 Å². The van der Waals surface area contributed by atoms with Gasteiger partial charge in [0.15, 0.2) is 0 Å². The Morgan fingerprint density at radius 3 is 2.34 bits per heavy atom. The molecule has 1 N–H and O–H groups in total. The van der Waals surface area contributed by atoms with E-state index in [4.69, 9.17) is 0 Å². The van der Waals surface area contributed by atoms with Crippen LogP contribution in [-0.2, 0) is 21.4 Å². The number of nitrogens with one attached hydrogen (secondary N) is 1. The van der Waals surface area contributed by atoms with Gasteiger partial charge >= 0.3 is 0 Å². The lowest BCUT2D eigenvalue weighted by atomic mass is 10.3. The largest absolute Gasteiger partial charge is 0.321 e. The molecule has 0 saturated carbocycles. The summed E-state index contributed by atoms with van der Waals surface area (Å²) >= 11 is 0. The molecule has 9 nitrogen and oxygen atoms in total. The highest BCUT2D eigenvalue weighted by Gasteiger charge is 2.23. The summed E-state index contributed by atoms with van der Waals surface area (Å²) < 4.78 is 29.6. The molecule has 1 amide bonds. The molecule has 0 saturated heterocycles. The number of pyridine rings is 1. The van der Waals surface area contributed by atoms with Gasteiger partial charge in [0.2, 0.25) is 15.9 Å². The molecule has 32 heavy (non-hydrogen) atoms. The summed E-state index contributed by atoms with van der Waals surface area (Å²) in [5.41, 5.74) is 2.32. The van der Waals surface area contributed by atoms with Crippen molar-refractivity contribution in [3.63, 3.8) is 0 Å². The molecule has 2 aromatic heterocycles. The normalized spacial score (nSPS) is 11.7. The second-order valence-corrected chi connectivity index (χ2v) is 9.20. The first-order chi connectivity index (χ1) is 15.2. The van der Waals surface area contributed by atoms with E-state index in [-0.39, 0.29) is 11.4 Å². The highest BCUT2D eigenvalue weighted by Crippen LogP contribution is 2.22. The molecule has 0 atom stereocenters. The van der Waals surface area contributed by atoms with Crippen LogP contribution in [0.3, 0.4) is 0 Å². The predicted molar refractivity (Wildman–Crippen MR) is 122 cm³/mol. The van der Waals surface area contributed by atoms with Crippen molar-refractivity contribution in [2.75, 3.05) is 18.4 Å². The van der Waals surface area contributed by atoms with Crippen molar-refractivity contribution in [3.05, 3.63) is 70.4 Å². The molecule has 2 heterocycles. The van der Waals surface area contributed by atoms with E-state index in [1.807, 2.05) is 37.3 Å². The van der Waals surface area contributed by atoms with Gasteiger partial charge in [0, 0.05) is 25.4 Å². The summed E-state index contributed by atoms with van der Waals surface area (Å²) in [5, 5.41) is 7.30. The van der Waals surface area contributed by atoms with Crippen LogP contribution in [0.25, 0.3) is 5.69 Å². The molecule has 0 radical (unpaired) electrons. The van der Waals surface area contributed by atoms with Gasteiger partial charge in [-0.05, 0) is 32.0 Å². The number of sulfonamides is 1. The number of aryl methyl sites for hydroxylation is 1. The zero-order chi connectivity index (χ0) is 23.5. The standard InChI is InChI=1S/C22H27N5O4S/c1-5-26(6-2)32(30,31)19-12-13-21(29)25(14-19)15-20(28)23-22-16(3)24-27(17(22)4)18-10-8-7-9-11-18/h7-14H,5-6,15H2,1-4H3,(H,23,28). The minimum Gasteiger partial charge on any atom is -0.321 e. The molecule has 0 spiro atoms. The van der Waals surface area contributed by atoms with Crippen LogP contribution >= 0.6 is 0 Å². The summed E-state index contributed by atoms with van der Waals surface area (Å²) in [6.07, 6.45) is 1.21. The first-order valence-electron chi connectivity index (χ1n) is 10.3. The maximum Gasteiger partial charge on any atom is 0.251 e. The van der Waals surface area contributed by atoms with Crippen LogP contribution in [0.5, 0.6) is 0 Å². The summed E-state index contributed by atoms with van der Waals surface area (Å²) in [7, 11) is -3.75. The maximum absolute atomic E-state index is 12.8. The minimum absolute atomic E-state index is 0.0298. The fraction of sp³-hybridized carbons (Fsp3) is 0.318. The van der Waals surface area contributed by atoms with E-state index in [1.165, 1.54) is 16.6 Å². The number of carbonyl (C=O) groups is 1. The van der Waals surface area contributed by atoms with E-state index in [0.717, 1.165) is 22.0 Å². The van der Waals surface area contributed by atoms with Gasteiger partial charge in [-0.25, -0.2) is 13.1 Å². The fourth-order valence-electron chi connectivity index (χ4n) is 3.48. The lowest BCUT2D eigenvalue weighted by molar-refractivity contribution is -0.116. The number of nitrogens with zero attached hydrogens (tertiary/aromatic N) is 4. The number of para-hydroxylation sites is 1. The molecule has 0 aliphatic carbocycles. The number of amides is 1. The average Bonchev–Trinajstić information content (AvgIpc) is 3.04. The van der Waals surface area contributed by atoms with Gasteiger partial charge in [0.1, 0.15) is 6.54 Å². The Kier molecular flexibility index (Phi) is 6.95. The molecule has 10 heteroatoms. The number of carbonyl (C=O) groups excluding carboxylic acids is 1. The Balaban J connectivity index is 1.85. The van der Waals surface area contributed by atoms with Crippen LogP contribution in [0.15, 0.2) is 58.4 Å².